The number of hydrogen-bond acceptors (Lipinski definition) is 4. The first kappa shape index (κ1) is 17.5. The minimum Gasteiger partial charge on any atom is -0.481 e. The number of piperidine rings is 1. The zero-order chi connectivity index (χ0) is 17.0. The number of aromatic nitrogens is 1. The van der Waals surface area contributed by atoms with E-state index >= 15 is 0 Å². The Hall–Kier alpha value is -1.85. The highest BCUT2D eigenvalue weighted by Crippen LogP contribution is 2.28. The number of rotatable bonds is 6. The fraction of sp³-hybridized carbons (Fsp3) is 0.706. The monoisotopic (exact) mass is 322 g/mol. The Labute approximate surface area is 136 Å². The van der Waals surface area contributed by atoms with Crippen molar-refractivity contribution in [3.63, 3.8) is 0 Å². The molecule has 1 N–H and O–H groups in total. The molecule has 0 aromatic carbocycles. The molecule has 0 spiro atoms. The second-order valence-electron chi connectivity index (χ2n) is 6.62. The van der Waals surface area contributed by atoms with Crippen LogP contribution < -0.4 is 0 Å². The van der Waals surface area contributed by atoms with Crippen LogP contribution in [0.2, 0.25) is 0 Å². The van der Waals surface area contributed by atoms with Gasteiger partial charge in [-0.1, -0.05) is 12.1 Å². The summed E-state index contributed by atoms with van der Waals surface area (Å²) in [5, 5.41) is 12.8. The average molecular weight is 322 g/mol. The lowest BCUT2D eigenvalue weighted by atomic mass is 9.91. The van der Waals surface area contributed by atoms with E-state index in [1.807, 2.05) is 25.7 Å². The van der Waals surface area contributed by atoms with Crippen molar-refractivity contribution >= 4 is 11.9 Å². The van der Waals surface area contributed by atoms with Crippen molar-refractivity contribution in [1.82, 2.24) is 10.1 Å². The molecule has 1 aromatic rings. The van der Waals surface area contributed by atoms with Gasteiger partial charge >= 0.3 is 5.97 Å². The number of amides is 1. The molecule has 1 aliphatic rings. The van der Waals surface area contributed by atoms with Gasteiger partial charge in [-0.05, 0) is 44.9 Å². The largest absolute Gasteiger partial charge is 0.481 e. The molecule has 2 rings (SSSR count). The number of aliphatic carboxylic acids is 1. The van der Waals surface area contributed by atoms with Crippen LogP contribution in [0.15, 0.2) is 4.52 Å². The normalized spacial score (nSPS) is 19.6. The Balaban J connectivity index is 1.91. The molecule has 23 heavy (non-hydrogen) atoms. The fourth-order valence-corrected chi connectivity index (χ4v) is 3.54. The zero-order valence-corrected chi connectivity index (χ0v) is 14.2. The molecule has 1 aromatic heterocycles. The SMILES string of the molecule is Cc1noc(C)c1C(C)CC(=O)N1CCCC(CCC(=O)O)C1. The molecule has 1 saturated heterocycles. The van der Waals surface area contributed by atoms with E-state index in [9.17, 15) is 9.59 Å². The summed E-state index contributed by atoms with van der Waals surface area (Å²) in [5.41, 5.74) is 1.87. The van der Waals surface area contributed by atoms with Crippen LogP contribution in [0.3, 0.4) is 0 Å². The molecule has 1 aliphatic heterocycles. The van der Waals surface area contributed by atoms with Crippen LogP contribution in [0.5, 0.6) is 0 Å². The first-order valence-electron chi connectivity index (χ1n) is 8.30. The van der Waals surface area contributed by atoms with Gasteiger partial charge in [-0.15, -0.1) is 0 Å². The third-order valence-corrected chi connectivity index (χ3v) is 4.70. The summed E-state index contributed by atoms with van der Waals surface area (Å²) in [5.74, 6) is 0.533. The van der Waals surface area contributed by atoms with Gasteiger partial charge in [0, 0.05) is 31.5 Å². The molecular weight excluding hydrogens is 296 g/mol. The number of carboxylic acids is 1. The third kappa shape index (κ3) is 4.56. The smallest absolute Gasteiger partial charge is 0.303 e. The number of carboxylic acid groups (broad SMARTS) is 1. The van der Waals surface area contributed by atoms with Crippen LogP contribution in [-0.4, -0.2) is 40.1 Å². The maximum absolute atomic E-state index is 12.6. The fourth-order valence-electron chi connectivity index (χ4n) is 3.54. The summed E-state index contributed by atoms with van der Waals surface area (Å²) in [7, 11) is 0. The van der Waals surface area contributed by atoms with E-state index in [2.05, 4.69) is 5.16 Å². The van der Waals surface area contributed by atoms with Crippen molar-refractivity contribution in [2.45, 2.75) is 58.8 Å². The highest BCUT2D eigenvalue weighted by Gasteiger charge is 2.26. The van der Waals surface area contributed by atoms with Gasteiger partial charge in [0.2, 0.25) is 5.91 Å². The molecule has 6 heteroatoms. The van der Waals surface area contributed by atoms with Crippen molar-refractivity contribution in [2.24, 2.45) is 5.92 Å². The van der Waals surface area contributed by atoms with Crippen LogP contribution in [-0.2, 0) is 9.59 Å². The molecule has 0 aliphatic carbocycles. The molecule has 1 fully saturated rings. The molecule has 128 valence electrons. The molecular formula is C17H26N2O4. The minimum absolute atomic E-state index is 0.0770. The predicted octanol–water partition coefficient (Wildman–Crippen LogP) is 2.89. The lowest BCUT2D eigenvalue weighted by Gasteiger charge is -2.33. The molecule has 2 unspecified atom stereocenters. The van der Waals surface area contributed by atoms with Crippen LogP contribution >= 0.6 is 0 Å². The lowest BCUT2D eigenvalue weighted by Crippen LogP contribution is -2.40. The number of hydrogen-bond donors (Lipinski definition) is 1. The minimum atomic E-state index is -0.763. The molecule has 0 bridgehead atoms. The molecule has 0 radical (unpaired) electrons. The number of carbonyl (C=O) groups is 2. The zero-order valence-electron chi connectivity index (χ0n) is 14.2. The van der Waals surface area contributed by atoms with E-state index in [1.54, 1.807) is 0 Å². The van der Waals surface area contributed by atoms with Crippen molar-refractivity contribution in [2.75, 3.05) is 13.1 Å². The number of aryl methyl sites for hydroxylation is 2. The molecule has 1 amide bonds. The summed E-state index contributed by atoms with van der Waals surface area (Å²) in [6.07, 6.45) is 3.24. The van der Waals surface area contributed by atoms with Gasteiger partial charge < -0.3 is 14.5 Å². The summed E-state index contributed by atoms with van der Waals surface area (Å²) in [6.45, 7) is 7.25. The van der Waals surface area contributed by atoms with Crippen LogP contribution in [0.1, 0.15) is 62.0 Å². The maximum atomic E-state index is 12.6. The van der Waals surface area contributed by atoms with Crippen LogP contribution in [0, 0.1) is 19.8 Å². The Morgan fingerprint density at radius 3 is 2.78 bits per heavy atom. The third-order valence-electron chi connectivity index (χ3n) is 4.70. The quantitative estimate of drug-likeness (QED) is 0.870. The number of carbonyl (C=O) groups excluding carboxylic acids is 1. The summed E-state index contributed by atoms with van der Waals surface area (Å²) >= 11 is 0. The van der Waals surface area contributed by atoms with E-state index in [0.29, 0.717) is 25.3 Å². The highest BCUT2D eigenvalue weighted by molar-refractivity contribution is 5.77. The van der Waals surface area contributed by atoms with E-state index in [0.717, 1.165) is 36.4 Å². The van der Waals surface area contributed by atoms with E-state index in [-0.39, 0.29) is 18.2 Å². The Morgan fingerprint density at radius 1 is 1.43 bits per heavy atom. The standard InChI is InChI=1S/C17H26N2O4/c1-11(17-12(2)18-23-13(17)3)9-15(20)19-8-4-5-14(10-19)6-7-16(21)22/h11,14H,4-10H2,1-3H3,(H,21,22). The highest BCUT2D eigenvalue weighted by atomic mass is 16.5. The van der Waals surface area contributed by atoms with E-state index in [1.165, 1.54) is 0 Å². The Morgan fingerprint density at radius 2 is 2.17 bits per heavy atom. The molecule has 2 atom stereocenters. The van der Waals surface area contributed by atoms with Gasteiger partial charge in [0.25, 0.3) is 0 Å². The molecule has 6 nitrogen and oxygen atoms in total. The number of nitrogens with zero attached hydrogens (tertiary/aromatic N) is 2. The average Bonchev–Trinajstić information content (AvgIpc) is 2.84. The number of likely N-dealkylation sites (tertiary alicyclic amines) is 1. The van der Waals surface area contributed by atoms with Gasteiger partial charge in [0.1, 0.15) is 5.76 Å². The van der Waals surface area contributed by atoms with Gasteiger partial charge in [0.05, 0.1) is 5.69 Å². The van der Waals surface area contributed by atoms with Gasteiger partial charge in [-0.2, -0.15) is 0 Å². The Bertz CT molecular complexity index is 547. The maximum Gasteiger partial charge on any atom is 0.303 e. The van der Waals surface area contributed by atoms with Gasteiger partial charge in [-0.3, -0.25) is 9.59 Å². The van der Waals surface area contributed by atoms with Crippen molar-refractivity contribution in [3.05, 3.63) is 17.0 Å². The van der Waals surface area contributed by atoms with Gasteiger partial charge in [-0.25, -0.2) is 0 Å². The topological polar surface area (TPSA) is 83.6 Å². The second kappa shape index (κ2) is 7.62. The summed E-state index contributed by atoms with van der Waals surface area (Å²) in [4.78, 5) is 25.2. The molecule has 2 heterocycles. The molecule has 0 saturated carbocycles. The summed E-state index contributed by atoms with van der Waals surface area (Å²) in [6, 6.07) is 0. The van der Waals surface area contributed by atoms with Gasteiger partial charge in [0.15, 0.2) is 0 Å². The van der Waals surface area contributed by atoms with Crippen molar-refractivity contribution in [1.29, 1.82) is 0 Å². The first-order chi connectivity index (χ1) is 10.9. The summed E-state index contributed by atoms with van der Waals surface area (Å²) < 4.78 is 5.18. The van der Waals surface area contributed by atoms with E-state index < -0.39 is 5.97 Å². The lowest BCUT2D eigenvalue weighted by molar-refractivity contribution is -0.137. The second-order valence-corrected chi connectivity index (χ2v) is 6.62. The first-order valence-corrected chi connectivity index (χ1v) is 8.30. The van der Waals surface area contributed by atoms with Crippen LogP contribution in [0.25, 0.3) is 0 Å². The van der Waals surface area contributed by atoms with Crippen molar-refractivity contribution in [3.8, 4) is 0 Å². The van der Waals surface area contributed by atoms with Crippen LogP contribution in [0.4, 0.5) is 0 Å². The Kier molecular flexibility index (Phi) is 5.80. The van der Waals surface area contributed by atoms with E-state index in [4.69, 9.17) is 9.63 Å². The van der Waals surface area contributed by atoms with Crippen molar-refractivity contribution < 1.29 is 19.2 Å². The predicted molar refractivity (Wildman–Crippen MR) is 85.2 cm³/mol.